The smallest absolute Gasteiger partial charge is 0.768 e. The summed E-state index contributed by atoms with van der Waals surface area (Å²) in [6.07, 6.45) is 0. The maximum Gasteiger partial charge on any atom is 1.00 e. The van der Waals surface area contributed by atoms with Gasteiger partial charge < -0.3 is 9.29 Å². The molecule has 1 atom stereocenters. The zero-order valence-corrected chi connectivity index (χ0v) is 10.9. The number of nitro groups is 1. The molecule has 0 aliphatic heterocycles. The van der Waals surface area contributed by atoms with Crippen molar-refractivity contribution in [3.8, 4) is 5.75 Å². The fourth-order valence-electron chi connectivity index (χ4n) is 0.912. The first-order valence-corrected chi connectivity index (χ1v) is 4.55. The van der Waals surface area contributed by atoms with Crippen LogP contribution in [0.25, 0.3) is 0 Å². The quantitative estimate of drug-likeness (QED) is 0.259. The summed E-state index contributed by atoms with van der Waals surface area (Å²) >= 11 is -2.41. The van der Waals surface area contributed by atoms with Crippen LogP contribution >= 0.6 is 0 Å². The van der Waals surface area contributed by atoms with Gasteiger partial charge in [0.05, 0.1) is 12.0 Å². The van der Waals surface area contributed by atoms with E-state index in [0.717, 1.165) is 18.2 Å². The Morgan fingerprint density at radius 3 is 2.47 bits per heavy atom. The molecule has 1 aromatic rings. The summed E-state index contributed by atoms with van der Waals surface area (Å²) in [7, 11) is 1.24. The monoisotopic (exact) mass is 239 g/mol. The molecule has 15 heavy (non-hydrogen) atoms. The van der Waals surface area contributed by atoms with Crippen LogP contribution in [-0.2, 0) is 11.1 Å². The SMILES string of the molecule is COc1cc(S(=O)[O-])ccc1[N+](=O)[O-].[Na+]. The van der Waals surface area contributed by atoms with Gasteiger partial charge in [0.2, 0.25) is 0 Å². The Kier molecular flexibility index (Phi) is 5.99. The molecule has 1 unspecified atom stereocenters. The average Bonchev–Trinajstić information content (AvgIpc) is 2.16. The maximum absolute atomic E-state index is 10.5. The molecule has 0 saturated carbocycles. The van der Waals surface area contributed by atoms with Crippen molar-refractivity contribution < 1.29 is 48.0 Å². The third kappa shape index (κ3) is 3.54. The second-order valence-corrected chi connectivity index (χ2v) is 3.27. The molecule has 0 spiro atoms. The van der Waals surface area contributed by atoms with Crippen molar-refractivity contribution >= 4 is 16.8 Å². The van der Waals surface area contributed by atoms with Crippen LogP contribution in [0.3, 0.4) is 0 Å². The van der Waals surface area contributed by atoms with Crippen LogP contribution in [0.4, 0.5) is 5.69 Å². The van der Waals surface area contributed by atoms with Crippen molar-refractivity contribution in [1.82, 2.24) is 0 Å². The van der Waals surface area contributed by atoms with E-state index in [1.807, 2.05) is 0 Å². The maximum atomic E-state index is 10.5. The van der Waals surface area contributed by atoms with E-state index in [2.05, 4.69) is 4.74 Å². The van der Waals surface area contributed by atoms with Gasteiger partial charge in [-0.3, -0.25) is 14.3 Å². The van der Waals surface area contributed by atoms with Crippen LogP contribution in [0.1, 0.15) is 0 Å². The molecule has 1 rings (SSSR count). The average molecular weight is 239 g/mol. The van der Waals surface area contributed by atoms with Crippen molar-refractivity contribution in [1.29, 1.82) is 0 Å². The van der Waals surface area contributed by atoms with Gasteiger partial charge in [-0.15, -0.1) is 0 Å². The normalized spacial score (nSPS) is 11.3. The molecule has 0 aliphatic rings. The minimum atomic E-state index is -2.41. The van der Waals surface area contributed by atoms with Gasteiger partial charge in [-0.05, 0) is 17.1 Å². The van der Waals surface area contributed by atoms with Gasteiger partial charge in [-0.25, -0.2) is 0 Å². The summed E-state index contributed by atoms with van der Waals surface area (Å²) in [5.41, 5.74) is -0.262. The first-order chi connectivity index (χ1) is 6.56. The van der Waals surface area contributed by atoms with Crippen LogP contribution < -0.4 is 34.3 Å². The molecule has 0 fully saturated rings. The Labute approximate surface area is 110 Å². The van der Waals surface area contributed by atoms with Crippen LogP contribution in [0.2, 0.25) is 0 Å². The molecule has 0 aliphatic carbocycles. The van der Waals surface area contributed by atoms with Crippen molar-refractivity contribution in [2.24, 2.45) is 0 Å². The van der Waals surface area contributed by atoms with E-state index < -0.39 is 16.0 Å². The summed E-state index contributed by atoms with van der Waals surface area (Å²) in [5.74, 6) is -0.0725. The molecule has 8 heteroatoms. The largest absolute Gasteiger partial charge is 1.00 e. The fourth-order valence-corrected chi connectivity index (χ4v) is 1.29. The standard InChI is InChI=1S/C7H7NO5S.Na/c1-13-7-4-5(14(11)12)2-3-6(7)8(9)10;/h2-4H,1H3,(H,11,12);/q;+1/p-1. The molecule has 0 amide bonds. The number of rotatable bonds is 3. The Balaban J connectivity index is 0.00000196. The molecule has 0 radical (unpaired) electrons. The Morgan fingerprint density at radius 1 is 1.47 bits per heavy atom. The summed E-state index contributed by atoms with van der Waals surface area (Å²) in [6.45, 7) is 0. The van der Waals surface area contributed by atoms with E-state index in [4.69, 9.17) is 0 Å². The molecule has 0 aromatic heterocycles. The van der Waals surface area contributed by atoms with Crippen LogP contribution in [-0.4, -0.2) is 20.8 Å². The number of hydrogen-bond donors (Lipinski definition) is 0. The van der Waals surface area contributed by atoms with Gasteiger partial charge in [0.25, 0.3) is 0 Å². The predicted octanol–water partition coefficient (Wildman–Crippen LogP) is -2.15. The number of nitrogens with zero attached hydrogens (tertiary/aromatic N) is 1. The Bertz CT molecular complexity index is 397. The molecule has 0 bridgehead atoms. The molecule has 0 saturated heterocycles. The number of nitro benzene ring substituents is 1. The Hall–Kier alpha value is -0.470. The second kappa shape index (κ2) is 6.19. The number of hydrogen-bond acceptors (Lipinski definition) is 5. The molecule has 0 heterocycles. The minimum absolute atomic E-state index is 0. The van der Waals surface area contributed by atoms with Crippen LogP contribution in [0.15, 0.2) is 23.1 Å². The van der Waals surface area contributed by atoms with Gasteiger partial charge in [0, 0.05) is 17.0 Å². The van der Waals surface area contributed by atoms with Crippen molar-refractivity contribution in [2.45, 2.75) is 4.90 Å². The fraction of sp³-hybridized carbons (Fsp3) is 0.143. The molecule has 6 nitrogen and oxygen atoms in total. The van der Waals surface area contributed by atoms with Crippen molar-refractivity contribution in [3.05, 3.63) is 28.3 Å². The first-order valence-electron chi connectivity index (χ1n) is 3.48. The van der Waals surface area contributed by atoms with E-state index in [-0.39, 0.29) is 45.9 Å². The zero-order chi connectivity index (χ0) is 10.7. The van der Waals surface area contributed by atoms with Gasteiger partial charge in [-0.1, -0.05) is 0 Å². The molecular weight excluding hydrogens is 233 g/mol. The van der Waals surface area contributed by atoms with E-state index in [1.54, 1.807) is 0 Å². The van der Waals surface area contributed by atoms with E-state index >= 15 is 0 Å². The minimum Gasteiger partial charge on any atom is -0.768 e. The second-order valence-electron chi connectivity index (χ2n) is 2.33. The summed E-state index contributed by atoms with van der Waals surface area (Å²) < 4.78 is 25.7. The predicted molar refractivity (Wildman–Crippen MR) is 46.8 cm³/mol. The van der Waals surface area contributed by atoms with E-state index in [0.29, 0.717) is 0 Å². The van der Waals surface area contributed by atoms with Gasteiger partial charge >= 0.3 is 35.2 Å². The number of ether oxygens (including phenoxy) is 1. The summed E-state index contributed by atoms with van der Waals surface area (Å²) in [5, 5.41) is 10.4. The third-order valence-corrected chi connectivity index (χ3v) is 2.18. The van der Waals surface area contributed by atoms with Gasteiger partial charge in [0.1, 0.15) is 0 Å². The third-order valence-electron chi connectivity index (χ3n) is 1.54. The van der Waals surface area contributed by atoms with E-state index in [9.17, 15) is 18.9 Å². The van der Waals surface area contributed by atoms with Crippen LogP contribution in [0, 0.1) is 10.1 Å². The van der Waals surface area contributed by atoms with E-state index in [1.165, 1.54) is 7.11 Å². The Morgan fingerprint density at radius 2 is 2.07 bits per heavy atom. The topological polar surface area (TPSA) is 92.5 Å². The number of benzene rings is 1. The zero-order valence-electron chi connectivity index (χ0n) is 8.13. The van der Waals surface area contributed by atoms with Gasteiger partial charge in [-0.2, -0.15) is 0 Å². The summed E-state index contributed by atoms with van der Waals surface area (Å²) in [6, 6.07) is 3.33. The molecular formula is C7H6NNaO5S. The number of methoxy groups -OCH3 is 1. The van der Waals surface area contributed by atoms with Crippen molar-refractivity contribution in [3.63, 3.8) is 0 Å². The molecule has 76 valence electrons. The van der Waals surface area contributed by atoms with Gasteiger partial charge in [0.15, 0.2) is 5.75 Å². The molecule has 1 aromatic carbocycles. The summed E-state index contributed by atoms with van der Waals surface area (Å²) in [4.78, 5) is 9.74. The van der Waals surface area contributed by atoms with Crippen LogP contribution in [0.5, 0.6) is 5.75 Å². The van der Waals surface area contributed by atoms with Crippen molar-refractivity contribution in [2.75, 3.05) is 7.11 Å². The first kappa shape index (κ1) is 14.5. The molecule has 0 N–H and O–H groups in total.